The van der Waals surface area contributed by atoms with Crippen LogP contribution < -0.4 is 5.32 Å². The summed E-state index contributed by atoms with van der Waals surface area (Å²) in [5.74, 6) is 0.573. The number of nitrogens with one attached hydrogen (secondary N) is 1. The molecule has 4 nitrogen and oxygen atoms in total. The molecule has 86 valence electrons. The summed E-state index contributed by atoms with van der Waals surface area (Å²) in [6.45, 7) is 0. The van der Waals surface area contributed by atoms with E-state index in [4.69, 9.17) is 5.26 Å². The van der Waals surface area contributed by atoms with E-state index in [0.29, 0.717) is 11.4 Å². The van der Waals surface area contributed by atoms with Crippen LogP contribution in [0.15, 0.2) is 42.0 Å². The average Bonchev–Trinajstić information content (AvgIpc) is 2.87. The van der Waals surface area contributed by atoms with E-state index in [2.05, 4.69) is 21.4 Å². The summed E-state index contributed by atoms with van der Waals surface area (Å²) in [5, 5.41) is 12.1. The maximum Gasteiger partial charge on any atom is 0.148 e. The summed E-state index contributed by atoms with van der Waals surface area (Å²) in [7, 11) is 0. The number of fused-ring (bicyclic) bond motifs is 1. The van der Waals surface area contributed by atoms with Gasteiger partial charge in [-0.2, -0.15) is 5.26 Å². The molecule has 0 unspecified atom stereocenters. The summed E-state index contributed by atoms with van der Waals surface area (Å²) < 4.78 is 1.11. The molecule has 0 saturated carbocycles. The Bertz CT molecular complexity index is 742. The third-order valence-electron chi connectivity index (χ3n) is 2.52. The van der Waals surface area contributed by atoms with E-state index >= 15 is 0 Å². The molecule has 2 aromatic heterocycles. The minimum absolute atomic E-state index is 0.530. The first kappa shape index (κ1) is 10.7. The molecule has 0 saturated heterocycles. The SMILES string of the molecule is N#Cc1cccnc1Nc1ccc2ncsc2c1. The molecular formula is C13H8N4S. The standard InChI is InChI=1S/C13H8N4S/c14-7-9-2-1-5-15-13(9)17-10-3-4-11-12(6-10)18-8-16-11/h1-6,8H,(H,15,17). The molecule has 0 spiro atoms. The molecule has 0 atom stereocenters. The largest absolute Gasteiger partial charge is 0.339 e. The Balaban J connectivity index is 1.98. The first-order chi connectivity index (χ1) is 8.86. The zero-order chi connectivity index (χ0) is 12.4. The Hall–Kier alpha value is -2.45. The van der Waals surface area contributed by atoms with Crippen molar-refractivity contribution >= 4 is 33.1 Å². The number of thiazole rings is 1. The van der Waals surface area contributed by atoms with Gasteiger partial charge in [-0.05, 0) is 30.3 Å². The zero-order valence-corrected chi connectivity index (χ0v) is 10.1. The maximum atomic E-state index is 9.00. The van der Waals surface area contributed by atoms with E-state index < -0.39 is 0 Å². The fraction of sp³-hybridized carbons (Fsp3) is 0. The highest BCUT2D eigenvalue weighted by Crippen LogP contribution is 2.24. The van der Waals surface area contributed by atoms with Gasteiger partial charge in [0.05, 0.1) is 21.3 Å². The zero-order valence-electron chi connectivity index (χ0n) is 9.29. The topological polar surface area (TPSA) is 61.6 Å². The van der Waals surface area contributed by atoms with Crippen molar-refractivity contribution in [2.45, 2.75) is 0 Å². The van der Waals surface area contributed by atoms with Gasteiger partial charge >= 0.3 is 0 Å². The first-order valence-electron chi connectivity index (χ1n) is 5.32. The molecule has 0 aliphatic rings. The molecule has 0 aliphatic carbocycles. The molecule has 18 heavy (non-hydrogen) atoms. The van der Waals surface area contributed by atoms with Gasteiger partial charge in [0, 0.05) is 11.9 Å². The molecule has 3 aromatic rings. The van der Waals surface area contributed by atoms with Crippen LogP contribution in [0, 0.1) is 11.3 Å². The van der Waals surface area contributed by atoms with Crippen molar-refractivity contribution < 1.29 is 0 Å². The molecule has 0 radical (unpaired) electrons. The number of nitriles is 1. The predicted molar refractivity (Wildman–Crippen MR) is 71.9 cm³/mol. The third kappa shape index (κ3) is 1.90. The quantitative estimate of drug-likeness (QED) is 0.760. The van der Waals surface area contributed by atoms with Crippen LogP contribution in [0.3, 0.4) is 0 Å². The molecule has 2 heterocycles. The lowest BCUT2D eigenvalue weighted by atomic mass is 10.2. The number of hydrogen-bond donors (Lipinski definition) is 1. The number of nitrogens with zero attached hydrogens (tertiary/aromatic N) is 3. The van der Waals surface area contributed by atoms with Crippen molar-refractivity contribution in [2.75, 3.05) is 5.32 Å². The lowest BCUT2D eigenvalue weighted by molar-refractivity contribution is 1.29. The van der Waals surface area contributed by atoms with Gasteiger partial charge in [0.1, 0.15) is 11.9 Å². The summed E-state index contributed by atoms with van der Waals surface area (Å²) >= 11 is 1.59. The second-order valence-electron chi connectivity index (χ2n) is 3.67. The highest BCUT2D eigenvalue weighted by molar-refractivity contribution is 7.16. The second kappa shape index (κ2) is 4.43. The summed E-state index contributed by atoms with van der Waals surface area (Å²) in [6.07, 6.45) is 1.66. The van der Waals surface area contributed by atoms with Crippen LogP contribution >= 0.6 is 11.3 Å². The monoisotopic (exact) mass is 252 g/mol. The number of anilines is 2. The van der Waals surface area contributed by atoms with Crippen LogP contribution in [0.5, 0.6) is 0 Å². The Morgan fingerprint density at radius 1 is 1.22 bits per heavy atom. The predicted octanol–water partition coefficient (Wildman–Crippen LogP) is 3.31. The molecule has 3 rings (SSSR count). The molecule has 1 aromatic carbocycles. The number of pyridine rings is 1. The molecule has 0 fully saturated rings. The summed E-state index contributed by atoms with van der Waals surface area (Å²) in [4.78, 5) is 8.39. The summed E-state index contributed by atoms with van der Waals surface area (Å²) in [5.41, 5.74) is 4.23. The van der Waals surface area contributed by atoms with Crippen molar-refractivity contribution in [2.24, 2.45) is 0 Å². The van der Waals surface area contributed by atoms with E-state index in [9.17, 15) is 0 Å². The third-order valence-corrected chi connectivity index (χ3v) is 3.31. The Morgan fingerprint density at radius 2 is 2.17 bits per heavy atom. The van der Waals surface area contributed by atoms with Crippen molar-refractivity contribution in [3.8, 4) is 6.07 Å². The van der Waals surface area contributed by atoms with Crippen LogP contribution in [-0.4, -0.2) is 9.97 Å². The Labute approximate surface area is 108 Å². The van der Waals surface area contributed by atoms with Crippen molar-refractivity contribution in [1.29, 1.82) is 5.26 Å². The minimum atomic E-state index is 0.530. The molecule has 0 amide bonds. The molecule has 0 bridgehead atoms. The average molecular weight is 252 g/mol. The van der Waals surface area contributed by atoms with Gasteiger partial charge in [0.15, 0.2) is 0 Å². The van der Waals surface area contributed by atoms with Crippen molar-refractivity contribution in [3.63, 3.8) is 0 Å². The van der Waals surface area contributed by atoms with Gasteiger partial charge in [-0.3, -0.25) is 0 Å². The normalized spacial score (nSPS) is 10.2. The highest BCUT2D eigenvalue weighted by Gasteiger charge is 2.04. The van der Waals surface area contributed by atoms with Crippen LogP contribution in [0.25, 0.3) is 10.2 Å². The van der Waals surface area contributed by atoms with Gasteiger partial charge in [-0.25, -0.2) is 9.97 Å². The maximum absolute atomic E-state index is 9.00. The van der Waals surface area contributed by atoms with Crippen LogP contribution in [-0.2, 0) is 0 Å². The van der Waals surface area contributed by atoms with Crippen molar-refractivity contribution in [3.05, 3.63) is 47.6 Å². The fourth-order valence-electron chi connectivity index (χ4n) is 1.66. The molecular weight excluding hydrogens is 244 g/mol. The second-order valence-corrected chi connectivity index (χ2v) is 4.56. The van der Waals surface area contributed by atoms with E-state index in [1.807, 2.05) is 23.7 Å². The van der Waals surface area contributed by atoms with Gasteiger partial charge in [0.2, 0.25) is 0 Å². The van der Waals surface area contributed by atoms with Gasteiger partial charge in [0.25, 0.3) is 0 Å². The van der Waals surface area contributed by atoms with Gasteiger partial charge < -0.3 is 5.32 Å². The first-order valence-corrected chi connectivity index (χ1v) is 6.20. The number of hydrogen-bond acceptors (Lipinski definition) is 5. The van der Waals surface area contributed by atoms with Crippen LogP contribution in [0.4, 0.5) is 11.5 Å². The van der Waals surface area contributed by atoms with Crippen molar-refractivity contribution in [1.82, 2.24) is 9.97 Å². The van der Waals surface area contributed by atoms with E-state index in [1.54, 1.807) is 29.7 Å². The lowest BCUT2D eigenvalue weighted by Crippen LogP contribution is -1.95. The van der Waals surface area contributed by atoms with Crippen LogP contribution in [0.1, 0.15) is 5.56 Å². The molecule has 0 aliphatic heterocycles. The van der Waals surface area contributed by atoms with E-state index in [0.717, 1.165) is 15.9 Å². The van der Waals surface area contributed by atoms with Gasteiger partial charge in [-0.15, -0.1) is 11.3 Å². The lowest BCUT2D eigenvalue weighted by Gasteiger charge is -2.06. The van der Waals surface area contributed by atoms with E-state index in [1.165, 1.54) is 0 Å². The Kier molecular flexibility index (Phi) is 2.63. The minimum Gasteiger partial charge on any atom is -0.339 e. The fourth-order valence-corrected chi connectivity index (χ4v) is 2.38. The number of aromatic nitrogens is 2. The van der Waals surface area contributed by atoms with Gasteiger partial charge in [-0.1, -0.05) is 0 Å². The number of rotatable bonds is 2. The molecule has 1 N–H and O–H groups in total. The Morgan fingerprint density at radius 3 is 3.06 bits per heavy atom. The summed E-state index contributed by atoms with van der Waals surface area (Å²) in [6, 6.07) is 11.5. The van der Waals surface area contributed by atoms with E-state index in [-0.39, 0.29) is 0 Å². The number of benzene rings is 1. The molecule has 5 heteroatoms. The van der Waals surface area contributed by atoms with Crippen LogP contribution in [0.2, 0.25) is 0 Å². The highest BCUT2D eigenvalue weighted by atomic mass is 32.1. The smallest absolute Gasteiger partial charge is 0.148 e.